The Labute approximate surface area is 113 Å². The third-order valence-electron chi connectivity index (χ3n) is 3.18. The average molecular weight is 257 g/mol. The van der Waals surface area contributed by atoms with Crippen LogP contribution in [0.3, 0.4) is 0 Å². The summed E-state index contributed by atoms with van der Waals surface area (Å²) in [7, 11) is 1.62. The molecule has 0 saturated heterocycles. The van der Waals surface area contributed by atoms with Gasteiger partial charge in [-0.15, -0.1) is 0 Å². The van der Waals surface area contributed by atoms with Crippen molar-refractivity contribution in [1.82, 2.24) is 9.97 Å². The number of ether oxygens (including phenoxy) is 1. The minimum absolute atomic E-state index is 0.363. The number of nitrogen functional groups attached to an aromatic ring is 1. The molecule has 2 N–H and O–H groups in total. The Balaban J connectivity index is 2.55. The summed E-state index contributed by atoms with van der Waals surface area (Å²) in [4.78, 5) is 8.67. The monoisotopic (exact) mass is 257 g/mol. The number of aryl methyl sites for hydroxylation is 3. The number of rotatable bonds is 3. The summed E-state index contributed by atoms with van der Waals surface area (Å²) >= 11 is 0. The Kier molecular flexibility index (Phi) is 3.81. The molecule has 0 spiro atoms. The van der Waals surface area contributed by atoms with Crippen molar-refractivity contribution in [2.75, 3.05) is 12.8 Å². The van der Waals surface area contributed by atoms with E-state index in [1.165, 1.54) is 16.7 Å². The highest BCUT2D eigenvalue weighted by Crippen LogP contribution is 2.26. The molecule has 0 unspecified atom stereocenters. The molecule has 0 amide bonds. The Morgan fingerprint density at radius 3 is 2.37 bits per heavy atom. The van der Waals surface area contributed by atoms with Crippen molar-refractivity contribution >= 4 is 5.82 Å². The molecule has 4 nitrogen and oxygen atoms in total. The number of hydrogen-bond acceptors (Lipinski definition) is 4. The number of nitrogens with zero attached hydrogens (tertiary/aromatic N) is 2. The van der Waals surface area contributed by atoms with Crippen molar-refractivity contribution in [3.05, 3.63) is 40.7 Å². The molecule has 0 radical (unpaired) electrons. The van der Waals surface area contributed by atoms with Crippen LogP contribution in [-0.2, 0) is 11.3 Å². The first kappa shape index (κ1) is 13.5. The second kappa shape index (κ2) is 5.36. The SMILES string of the molecule is COCc1nc(N)cc(-c2cc(C)c(C)cc2C)n1. The second-order valence-corrected chi connectivity index (χ2v) is 4.78. The number of aromatic nitrogens is 2. The summed E-state index contributed by atoms with van der Waals surface area (Å²) in [6, 6.07) is 6.11. The zero-order valence-electron chi connectivity index (χ0n) is 11.8. The average Bonchev–Trinajstić information content (AvgIpc) is 2.33. The minimum Gasteiger partial charge on any atom is -0.384 e. The normalized spacial score (nSPS) is 10.7. The first-order valence-electron chi connectivity index (χ1n) is 6.22. The highest BCUT2D eigenvalue weighted by molar-refractivity contribution is 5.67. The topological polar surface area (TPSA) is 61.0 Å². The molecule has 100 valence electrons. The van der Waals surface area contributed by atoms with E-state index in [1.807, 2.05) is 0 Å². The van der Waals surface area contributed by atoms with E-state index in [4.69, 9.17) is 10.5 Å². The fraction of sp³-hybridized carbons (Fsp3) is 0.333. The summed E-state index contributed by atoms with van der Waals surface area (Å²) in [5.41, 5.74) is 11.5. The number of nitrogens with two attached hydrogens (primary N) is 1. The predicted octanol–water partition coefficient (Wildman–Crippen LogP) is 2.80. The van der Waals surface area contributed by atoms with Gasteiger partial charge in [-0.1, -0.05) is 6.07 Å². The van der Waals surface area contributed by atoms with Crippen LogP contribution in [0.15, 0.2) is 18.2 Å². The van der Waals surface area contributed by atoms with Crippen LogP contribution in [0.4, 0.5) is 5.82 Å². The van der Waals surface area contributed by atoms with E-state index in [0.717, 1.165) is 11.3 Å². The van der Waals surface area contributed by atoms with Gasteiger partial charge in [0.25, 0.3) is 0 Å². The molecular formula is C15H19N3O. The van der Waals surface area contributed by atoms with Gasteiger partial charge in [0.2, 0.25) is 0 Å². The maximum atomic E-state index is 5.84. The fourth-order valence-corrected chi connectivity index (χ4v) is 2.09. The predicted molar refractivity (Wildman–Crippen MR) is 76.8 cm³/mol. The molecule has 0 aliphatic heterocycles. The number of benzene rings is 1. The molecule has 1 heterocycles. The molecule has 0 atom stereocenters. The largest absolute Gasteiger partial charge is 0.384 e. The summed E-state index contributed by atoms with van der Waals surface area (Å²) in [6.07, 6.45) is 0. The molecule has 1 aromatic heterocycles. The summed E-state index contributed by atoms with van der Waals surface area (Å²) in [5.74, 6) is 1.07. The van der Waals surface area contributed by atoms with Gasteiger partial charge in [-0.2, -0.15) is 0 Å². The maximum Gasteiger partial charge on any atom is 0.157 e. The van der Waals surface area contributed by atoms with E-state index in [0.29, 0.717) is 18.2 Å². The summed E-state index contributed by atoms with van der Waals surface area (Å²) in [6.45, 7) is 6.65. The lowest BCUT2D eigenvalue weighted by molar-refractivity contribution is 0.178. The van der Waals surface area contributed by atoms with Crippen LogP contribution in [-0.4, -0.2) is 17.1 Å². The van der Waals surface area contributed by atoms with E-state index in [2.05, 4.69) is 42.9 Å². The van der Waals surface area contributed by atoms with Crippen molar-refractivity contribution in [1.29, 1.82) is 0 Å². The van der Waals surface area contributed by atoms with E-state index < -0.39 is 0 Å². The van der Waals surface area contributed by atoms with Crippen LogP contribution < -0.4 is 5.73 Å². The summed E-state index contributed by atoms with van der Waals surface area (Å²) in [5, 5.41) is 0. The molecule has 4 heteroatoms. The van der Waals surface area contributed by atoms with Gasteiger partial charge in [0.15, 0.2) is 5.82 Å². The lowest BCUT2D eigenvalue weighted by atomic mass is 9.98. The van der Waals surface area contributed by atoms with Crippen molar-refractivity contribution in [2.45, 2.75) is 27.4 Å². The molecule has 0 saturated carbocycles. The van der Waals surface area contributed by atoms with Gasteiger partial charge in [-0.05, 0) is 43.5 Å². The molecule has 0 fully saturated rings. The quantitative estimate of drug-likeness (QED) is 0.918. The third kappa shape index (κ3) is 2.90. The van der Waals surface area contributed by atoms with E-state index >= 15 is 0 Å². The van der Waals surface area contributed by atoms with Gasteiger partial charge in [-0.25, -0.2) is 9.97 Å². The smallest absolute Gasteiger partial charge is 0.157 e. The zero-order valence-corrected chi connectivity index (χ0v) is 11.8. The van der Waals surface area contributed by atoms with Gasteiger partial charge in [0.05, 0.1) is 5.69 Å². The first-order chi connectivity index (χ1) is 9.01. The molecule has 2 rings (SSSR count). The lowest BCUT2D eigenvalue weighted by Gasteiger charge is -2.11. The molecule has 1 aromatic carbocycles. The Hall–Kier alpha value is -1.94. The number of anilines is 1. The Bertz CT molecular complexity index is 609. The van der Waals surface area contributed by atoms with Gasteiger partial charge in [0.1, 0.15) is 12.4 Å². The Morgan fingerprint density at radius 1 is 1.00 bits per heavy atom. The van der Waals surface area contributed by atoms with Crippen molar-refractivity contribution in [2.24, 2.45) is 0 Å². The number of hydrogen-bond donors (Lipinski definition) is 1. The number of methoxy groups -OCH3 is 1. The fourth-order valence-electron chi connectivity index (χ4n) is 2.09. The molecule has 0 bridgehead atoms. The maximum absolute atomic E-state index is 5.84. The second-order valence-electron chi connectivity index (χ2n) is 4.78. The summed E-state index contributed by atoms with van der Waals surface area (Å²) < 4.78 is 5.07. The molecule has 0 aliphatic rings. The van der Waals surface area contributed by atoms with Crippen molar-refractivity contribution in [3.8, 4) is 11.3 Å². The lowest BCUT2D eigenvalue weighted by Crippen LogP contribution is -2.03. The van der Waals surface area contributed by atoms with Crippen molar-refractivity contribution < 1.29 is 4.74 Å². The van der Waals surface area contributed by atoms with Crippen LogP contribution in [0.2, 0.25) is 0 Å². The zero-order chi connectivity index (χ0) is 14.0. The van der Waals surface area contributed by atoms with Crippen LogP contribution >= 0.6 is 0 Å². The van der Waals surface area contributed by atoms with Crippen LogP contribution in [0.5, 0.6) is 0 Å². The van der Waals surface area contributed by atoms with Crippen LogP contribution in [0.1, 0.15) is 22.5 Å². The Morgan fingerprint density at radius 2 is 1.68 bits per heavy atom. The van der Waals surface area contributed by atoms with E-state index in [1.54, 1.807) is 13.2 Å². The molecule has 19 heavy (non-hydrogen) atoms. The van der Waals surface area contributed by atoms with E-state index in [-0.39, 0.29) is 0 Å². The minimum atomic E-state index is 0.363. The molecule has 2 aromatic rings. The molecule has 0 aliphatic carbocycles. The standard InChI is InChI=1S/C15H19N3O/c1-9-5-11(3)12(6-10(9)2)13-7-14(16)18-15(17-13)8-19-4/h5-7H,8H2,1-4H3,(H2,16,17,18). The highest BCUT2D eigenvalue weighted by Gasteiger charge is 2.09. The molecular weight excluding hydrogens is 238 g/mol. The highest BCUT2D eigenvalue weighted by atomic mass is 16.5. The van der Waals surface area contributed by atoms with Gasteiger partial charge in [0, 0.05) is 18.7 Å². The van der Waals surface area contributed by atoms with Crippen LogP contribution in [0.25, 0.3) is 11.3 Å². The van der Waals surface area contributed by atoms with Crippen molar-refractivity contribution in [3.63, 3.8) is 0 Å². The van der Waals surface area contributed by atoms with Gasteiger partial charge >= 0.3 is 0 Å². The van der Waals surface area contributed by atoms with Gasteiger partial charge in [-0.3, -0.25) is 0 Å². The first-order valence-corrected chi connectivity index (χ1v) is 6.22. The van der Waals surface area contributed by atoms with Crippen LogP contribution in [0, 0.1) is 20.8 Å². The van der Waals surface area contributed by atoms with E-state index in [9.17, 15) is 0 Å². The van der Waals surface area contributed by atoms with Gasteiger partial charge < -0.3 is 10.5 Å². The third-order valence-corrected chi connectivity index (χ3v) is 3.18.